The number of hydrogen-bond acceptors (Lipinski definition) is 8. The summed E-state index contributed by atoms with van der Waals surface area (Å²) in [4.78, 5) is 37.2. The molecule has 0 bridgehead atoms. The molecule has 1 aromatic heterocycles. The highest BCUT2D eigenvalue weighted by Crippen LogP contribution is 2.36. The van der Waals surface area contributed by atoms with Gasteiger partial charge in [0.15, 0.2) is 16.4 Å². The van der Waals surface area contributed by atoms with Gasteiger partial charge in [0.2, 0.25) is 0 Å². The Kier molecular flexibility index (Phi) is 7.62. The maximum absolute atomic E-state index is 12.6. The van der Waals surface area contributed by atoms with Crippen LogP contribution in [0.15, 0.2) is 64.9 Å². The molecule has 0 radical (unpaired) electrons. The van der Waals surface area contributed by atoms with E-state index < -0.39 is 34.3 Å². The first-order valence-electron chi connectivity index (χ1n) is 9.82. The number of rotatable bonds is 8. The second-order valence-corrected chi connectivity index (χ2v) is 9.70. The SMILES string of the molecule is CCOC(=O)c1c(-c2ccccc2)csc1NC(=O)COC(=O)c1ccccc1S(C)(=O)=O. The molecule has 3 rings (SSSR count). The number of amides is 1. The van der Waals surface area contributed by atoms with Gasteiger partial charge in [-0.15, -0.1) is 11.3 Å². The van der Waals surface area contributed by atoms with Crippen molar-refractivity contribution in [3.05, 3.63) is 71.1 Å². The molecule has 0 saturated heterocycles. The molecule has 0 atom stereocenters. The van der Waals surface area contributed by atoms with Crippen molar-refractivity contribution in [2.75, 3.05) is 24.8 Å². The summed E-state index contributed by atoms with van der Waals surface area (Å²) < 4.78 is 33.9. The van der Waals surface area contributed by atoms with Crippen molar-refractivity contribution in [2.45, 2.75) is 11.8 Å². The van der Waals surface area contributed by atoms with Gasteiger partial charge in [-0.1, -0.05) is 42.5 Å². The van der Waals surface area contributed by atoms with E-state index in [1.54, 1.807) is 12.3 Å². The Hall–Kier alpha value is -3.50. The molecule has 0 saturated carbocycles. The van der Waals surface area contributed by atoms with Crippen LogP contribution in [-0.2, 0) is 24.1 Å². The highest BCUT2D eigenvalue weighted by Gasteiger charge is 2.24. The molecule has 0 fully saturated rings. The van der Waals surface area contributed by atoms with Crippen molar-refractivity contribution in [1.82, 2.24) is 0 Å². The topological polar surface area (TPSA) is 116 Å². The fraction of sp³-hybridized carbons (Fsp3) is 0.174. The van der Waals surface area contributed by atoms with Crippen molar-refractivity contribution < 1.29 is 32.3 Å². The molecule has 0 aliphatic carbocycles. The van der Waals surface area contributed by atoms with Gasteiger partial charge in [0.1, 0.15) is 10.6 Å². The molecule has 8 nitrogen and oxygen atoms in total. The van der Waals surface area contributed by atoms with Gasteiger partial charge in [0.25, 0.3) is 5.91 Å². The predicted octanol–water partition coefficient (Wildman–Crippen LogP) is 3.79. The molecular weight excluding hydrogens is 466 g/mol. The number of nitrogens with one attached hydrogen (secondary N) is 1. The number of esters is 2. The fourth-order valence-electron chi connectivity index (χ4n) is 3.02. The van der Waals surface area contributed by atoms with Gasteiger partial charge in [-0.3, -0.25) is 4.79 Å². The van der Waals surface area contributed by atoms with Gasteiger partial charge in [-0.25, -0.2) is 18.0 Å². The fourth-order valence-corrected chi connectivity index (χ4v) is 4.87. The summed E-state index contributed by atoms with van der Waals surface area (Å²) in [5.74, 6) is -2.23. The van der Waals surface area contributed by atoms with Crippen molar-refractivity contribution >= 4 is 44.0 Å². The van der Waals surface area contributed by atoms with Crippen LogP contribution in [0.5, 0.6) is 0 Å². The zero-order valence-electron chi connectivity index (χ0n) is 17.9. The van der Waals surface area contributed by atoms with E-state index in [-0.39, 0.29) is 27.6 Å². The van der Waals surface area contributed by atoms with E-state index in [1.807, 2.05) is 30.3 Å². The lowest BCUT2D eigenvalue weighted by Gasteiger charge is -2.10. The highest BCUT2D eigenvalue weighted by molar-refractivity contribution is 7.90. The summed E-state index contributed by atoms with van der Waals surface area (Å²) in [6.07, 6.45) is 0.976. The Balaban J connectivity index is 1.77. The van der Waals surface area contributed by atoms with Crippen LogP contribution < -0.4 is 5.32 Å². The molecule has 10 heteroatoms. The second kappa shape index (κ2) is 10.4. The van der Waals surface area contributed by atoms with E-state index in [4.69, 9.17) is 9.47 Å². The molecule has 1 amide bonds. The van der Waals surface area contributed by atoms with Crippen LogP contribution in [0.4, 0.5) is 5.00 Å². The number of carbonyl (C=O) groups excluding carboxylic acids is 3. The highest BCUT2D eigenvalue weighted by atomic mass is 32.2. The number of carbonyl (C=O) groups is 3. The smallest absolute Gasteiger partial charge is 0.341 e. The molecular formula is C23H21NO7S2. The average molecular weight is 488 g/mol. The van der Waals surface area contributed by atoms with E-state index >= 15 is 0 Å². The van der Waals surface area contributed by atoms with Gasteiger partial charge in [-0.2, -0.15) is 0 Å². The lowest BCUT2D eigenvalue weighted by atomic mass is 10.0. The van der Waals surface area contributed by atoms with Gasteiger partial charge >= 0.3 is 11.9 Å². The van der Waals surface area contributed by atoms with Gasteiger partial charge < -0.3 is 14.8 Å². The van der Waals surface area contributed by atoms with Crippen molar-refractivity contribution in [3.63, 3.8) is 0 Å². The Morgan fingerprint density at radius 3 is 2.27 bits per heavy atom. The van der Waals surface area contributed by atoms with Crippen LogP contribution in [0.25, 0.3) is 11.1 Å². The lowest BCUT2D eigenvalue weighted by molar-refractivity contribution is -0.119. The molecule has 0 unspecified atom stereocenters. The van der Waals surface area contributed by atoms with Crippen molar-refractivity contribution in [1.29, 1.82) is 0 Å². The molecule has 0 aliphatic rings. The van der Waals surface area contributed by atoms with Crippen LogP contribution in [0.3, 0.4) is 0 Å². The Labute approximate surface area is 195 Å². The summed E-state index contributed by atoms with van der Waals surface area (Å²) in [5.41, 5.74) is 1.42. The molecule has 172 valence electrons. The average Bonchev–Trinajstić information content (AvgIpc) is 3.21. The van der Waals surface area contributed by atoms with Crippen LogP contribution in [0, 0.1) is 0 Å². The van der Waals surface area contributed by atoms with Gasteiger partial charge in [0.05, 0.1) is 17.1 Å². The van der Waals surface area contributed by atoms with Gasteiger partial charge in [0, 0.05) is 17.2 Å². The molecule has 2 aromatic carbocycles. The monoisotopic (exact) mass is 487 g/mol. The third-order valence-electron chi connectivity index (χ3n) is 4.45. The molecule has 3 aromatic rings. The van der Waals surface area contributed by atoms with Crippen LogP contribution in [-0.4, -0.2) is 45.7 Å². The van der Waals surface area contributed by atoms with Crippen molar-refractivity contribution in [3.8, 4) is 11.1 Å². The number of benzene rings is 2. The number of thiophene rings is 1. The van der Waals surface area contributed by atoms with E-state index in [1.165, 1.54) is 24.3 Å². The molecule has 0 spiro atoms. The van der Waals surface area contributed by atoms with E-state index in [9.17, 15) is 22.8 Å². The maximum atomic E-state index is 12.6. The third kappa shape index (κ3) is 5.85. The second-order valence-electron chi connectivity index (χ2n) is 6.83. The standard InChI is InChI=1S/C23H21NO7S2/c1-3-30-23(27)20-17(15-9-5-4-6-10-15)14-32-21(20)24-19(25)13-31-22(26)16-11-7-8-12-18(16)33(2,28)29/h4-12,14H,3,13H2,1-2H3,(H,24,25). The Morgan fingerprint density at radius 2 is 1.61 bits per heavy atom. The molecule has 33 heavy (non-hydrogen) atoms. The first-order valence-corrected chi connectivity index (χ1v) is 12.6. The largest absolute Gasteiger partial charge is 0.462 e. The number of ether oxygens (including phenoxy) is 2. The van der Waals surface area contributed by atoms with Crippen molar-refractivity contribution in [2.24, 2.45) is 0 Å². The Bertz CT molecular complexity index is 1280. The number of hydrogen-bond donors (Lipinski definition) is 1. The minimum atomic E-state index is -3.66. The van der Waals surface area contributed by atoms with E-state index in [2.05, 4.69) is 5.32 Å². The van der Waals surface area contributed by atoms with Gasteiger partial charge in [-0.05, 0) is 24.6 Å². The predicted molar refractivity (Wildman–Crippen MR) is 124 cm³/mol. The first-order chi connectivity index (χ1) is 15.7. The summed E-state index contributed by atoms with van der Waals surface area (Å²) in [7, 11) is -3.66. The summed E-state index contributed by atoms with van der Waals surface area (Å²) in [6.45, 7) is 1.17. The zero-order valence-corrected chi connectivity index (χ0v) is 19.5. The molecule has 0 aliphatic heterocycles. The quantitative estimate of drug-likeness (QED) is 0.481. The normalized spacial score (nSPS) is 11.0. The molecule has 1 heterocycles. The van der Waals surface area contributed by atoms with E-state index in [0.717, 1.165) is 23.2 Å². The van der Waals surface area contributed by atoms with Crippen LogP contribution in [0.2, 0.25) is 0 Å². The lowest BCUT2D eigenvalue weighted by Crippen LogP contribution is -2.22. The minimum Gasteiger partial charge on any atom is -0.462 e. The summed E-state index contributed by atoms with van der Waals surface area (Å²) >= 11 is 1.14. The van der Waals surface area contributed by atoms with E-state index in [0.29, 0.717) is 5.56 Å². The number of sulfone groups is 1. The first kappa shape index (κ1) is 24.1. The minimum absolute atomic E-state index is 0.160. The summed E-state index contributed by atoms with van der Waals surface area (Å²) in [5, 5.41) is 4.56. The zero-order chi connectivity index (χ0) is 24.0. The summed E-state index contributed by atoms with van der Waals surface area (Å²) in [6, 6.07) is 14.7. The molecule has 1 N–H and O–H groups in total. The van der Waals surface area contributed by atoms with Crippen LogP contribution in [0.1, 0.15) is 27.6 Å². The Morgan fingerprint density at radius 1 is 0.939 bits per heavy atom. The van der Waals surface area contributed by atoms with Crippen LogP contribution >= 0.6 is 11.3 Å². The third-order valence-corrected chi connectivity index (χ3v) is 6.50. The maximum Gasteiger partial charge on any atom is 0.341 e. The number of anilines is 1.